The van der Waals surface area contributed by atoms with E-state index in [9.17, 15) is 0 Å². The smallest absolute Gasteiger partial charge is 0.268 e. The van der Waals surface area contributed by atoms with E-state index in [0.717, 1.165) is 6.61 Å². The largest absolute Gasteiger partial charge is 0.412 e. The summed E-state index contributed by atoms with van der Waals surface area (Å²) in [6.07, 6.45) is 0. The molecule has 0 atom stereocenters. The number of benzene rings is 1. The molecule has 0 spiro atoms. The molecule has 0 aliphatic carbocycles. The van der Waals surface area contributed by atoms with Crippen molar-refractivity contribution in [1.29, 1.82) is 0 Å². The van der Waals surface area contributed by atoms with Gasteiger partial charge in [0.05, 0.1) is 0 Å². The predicted octanol–water partition coefficient (Wildman–Crippen LogP) is 1.58. The molecule has 1 nitrogen and oxygen atoms in total. The van der Waals surface area contributed by atoms with Crippen molar-refractivity contribution >= 4 is 14.9 Å². The van der Waals surface area contributed by atoms with Gasteiger partial charge < -0.3 is 4.43 Å². The fourth-order valence-electron chi connectivity index (χ4n) is 1.01. The molecule has 64 valence electrons. The van der Waals surface area contributed by atoms with E-state index >= 15 is 0 Å². The van der Waals surface area contributed by atoms with Crippen molar-refractivity contribution in [2.45, 2.75) is 20.8 Å². The highest BCUT2D eigenvalue weighted by Gasteiger charge is 2.01. The molecule has 1 rings (SSSR count). The molecule has 2 radical (unpaired) electrons. The Bertz CT molecular complexity index is 258. The van der Waals surface area contributed by atoms with Crippen molar-refractivity contribution in [3.63, 3.8) is 0 Å². The Labute approximate surface area is 76.7 Å². The van der Waals surface area contributed by atoms with Gasteiger partial charge in [-0.15, -0.1) is 0 Å². The lowest BCUT2D eigenvalue weighted by Gasteiger charge is -2.05. The Morgan fingerprint density at radius 3 is 2.75 bits per heavy atom. The van der Waals surface area contributed by atoms with Crippen LogP contribution in [0.15, 0.2) is 18.2 Å². The van der Waals surface area contributed by atoms with E-state index in [4.69, 9.17) is 4.43 Å². The van der Waals surface area contributed by atoms with E-state index < -0.39 is 0 Å². The third-order valence-corrected chi connectivity index (χ3v) is 3.13. The van der Waals surface area contributed by atoms with Crippen molar-refractivity contribution in [3.8, 4) is 0 Å². The van der Waals surface area contributed by atoms with Gasteiger partial charge in [-0.3, -0.25) is 0 Å². The topological polar surface area (TPSA) is 9.23 Å². The van der Waals surface area contributed by atoms with Crippen molar-refractivity contribution in [1.82, 2.24) is 0 Å². The van der Waals surface area contributed by atoms with Crippen LogP contribution in [0.5, 0.6) is 0 Å². The van der Waals surface area contributed by atoms with E-state index in [2.05, 4.69) is 32.0 Å². The summed E-state index contributed by atoms with van der Waals surface area (Å²) < 4.78 is 5.38. The summed E-state index contributed by atoms with van der Waals surface area (Å²) in [5, 5.41) is 1.33. The average molecular weight is 178 g/mol. The fourth-order valence-corrected chi connectivity index (χ4v) is 1.83. The van der Waals surface area contributed by atoms with Crippen LogP contribution in [0.1, 0.15) is 18.1 Å². The maximum absolute atomic E-state index is 5.38. The molecule has 0 bridgehead atoms. The minimum Gasteiger partial charge on any atom is -0.412 e. The van der Waals surface area contributed by atoms with Gasteiger partial charge in [-0.1, -0.05) is 18.2 Å². The van der Waals surface area contributed by atoms with Gasteiger partial charge in [0.25, 0.3) is 9.76 Å². The first kappa shape index (κ1) is 9.48. The fraction of sp³-hybridized carbons (Fsp3) is 0.400. The lowest BCUT2D eigenvalue weighted by molar-refractivity contribution is 0.367. The second-order valence-electron chi connectivity index (χ2n) is 2.78. The Hall–Kier alpha value is -0.603. The van der Waals surface area contributed by atoms with Gasteiger partial charge in [0.2, 0.25) is 0 Å². The van der Waals surface area contributed by atoms with Gasteiger partial charge in [-0.2, -0.15) is 0 Å². The van der Waals surface area contributed by atoms with Crippen LogP contribution < -0.4 is 5.19 Å². The Morgan fingerprint density at radius 2 is 2.08 bits per heavy atom. The first-order chi connectivity index (χ1) is 5.75. The number of rotatable bonds is 3. The molecule has 0 amide bonds. The summed E-state index contributed by atoms with van der Waals surface area (Å²) in [7, 11) is 0.500. The molecule has 12 heavy (non-hydrogen) atoms. The number of hydrogen-bond donors (Lipinski definition) is 0. The zero-order valence-corrected chi connectivity index (χ0v) is 8.85. The standard InChI is InChI=1S/C10H14OSi/c1-4-11-12-10-7-5-6-8(2)9(10)3/h5-7H,4H2,1-3H3. The summed E-state index contributed by atoms with van der Waals surface area (Å²) in [6.45, 7) is 7.11. The highest BCUT2D eigenvalue weighted by molar-refractivity contribution is 6.47. The summed E-state index contributed by atoms with van der Waals surface area (Å²) in [5.41, 5.74) is 2.71. The summed E-state index contributed by atoms with van der Waals surface area (Å²) >= 11 is 0. The van der Waals surface area contributed by atoms with E-state index in [0.29, 0.717) is 9.76 Å². The molecule has 0 N–H and O–H groups in total. The third kappa shape index (κ3) is 2.19. The molecular formula is C10H14OSi. The van der Waals surface area contributed by atoms with Crippen LogP contribution in [-0.2, 0) is 4.43 Å². The van der Waals surface area contributed by atoms with Crippen LogP contribution >= 0.6 is 0 Å². The average Bonchev–Trinajstić information content (AvgIpc) is 2.08. The Morgan fingerprint density at radius 1 is 1.33 bits per heavy atom. The number of hydrogen-bond acceptors (Lipinski definition) is 1. The zero-order chi connectivity index (χ0) is 8.97. The molecular weight excluding hydrogens is 164 g/mol. The lowest BCUT2D eigenvalue weighted by atomic mass is 10.1. The van der Waals surface area contributed by atoms with E-state index in [1.165, 1.54) is 16.3 Å². The lowest BCUT2D eigenvalue weighted by Crippen LogP contribution is -2.21. The minimum absolute atomic E-state index is 0.500. The minimum atomic E-state index is 0.500. The van der Waals surface area contributed by atoms with Crippen molar-refractivity contribution < 1.29 is 4.43 Å². The molecule has 0 saturated carbocycles. The first-order valence-corrected chi connectivity index (χ1v) is 5.10. The summed E-state index contributed by atoms with van der Waals surface area (Å²) in [4.78, 5) is 0. The van der Waals surface area contributed by atoms with Gasteiger partial charge in [0, 0.05) is 6.61 Å². The van der Waals surface area contributed by atoms with Crippen molar-refractivity contribution in [2.75, 3.05) is 6.61 Å². The van der Waals surface area contributed by atoms with Crippen LogP contribution in [0.3, 0.4) is 0 Å². The van der Waals surface area contributed by atoms with Crippen molar-refractivity contribution in [2.24, 2.45) is 0 Å². The van der Waals surface area contributed by atoms with Gasteiger partial charge in [-0.25, -0.2) is 0 Å². The van der Waals surface area contributed by atoms with Crippen LogP contribution in [0, 0.1) is 13.8 Å². The van der Waals surface area contributed by atoms with Gasteiger partial charge >= 0.3 is 0 Å². The van der Waals surface area contributed by atoms with Crippen LogP contribution in [0.25, 0.3) is 0 Å². The number of aryl methyl sites for hydroxylation is 1. The molecule has 0 saturated heterocycles. The molecule has 1 aromatic carbocycles. The molecule has 0 aliphatic rings. The SMILES string of the molecule is CCO[Si]c1cccc(C)c1C. The monoisotopic (exact) mass is 178 g/mol. The van der Waals surface area contributed by atoms with Crippen molar-refractivity contribution in [3.05, 3.63) is 29.3 Å². The second-order valence-corrected chi connectivity index (χ2v) is 3.81. The van der Waals surface area contributed by atoms with Gasteiger partial charge in [0.1, 0.15) is 0 Å². The highest BCUT2D eigenvalue weighted by Crippen LogP contribution is 2.01. The first-order valence-electron chi connectivity index (χ1n) is 4.19. The molecule has 0 aromatic heterocycles. The van der Waals surface area contributed by atoms with Crippen LogP contribution in [-0.4, -0.2) is 16.4 Å². The third-order valence-electron chi connectivity index (χ3n) is 1.93. The summed E-state index contributed by atoms with van der Waals surface area (Å²) in [6, 6.07) is 6.36. The van der Waals surface area contributed by atoms with Gasteiger partial charge in [-0.05, 0) is 37.1 Å². The molecule has 0 fully saturated rings. The molecule has 0 heterocycles. The molecule has 0 unspecified atom stereocenters. The second kappa shape index (κ2) is 4.43. The molecule has 2 heteroatoms. The normalized spacial score (nSPS) is 10.2. The van der Waals surface area contributed by atoms with E-state index in [-0.39, 0.29) is 0 Å². The molecule has 1 aromatic rings. The highest BCUT2D eigenvalue weighted by atomic mass is 28.2. The van der Waals surface area contributed by atoms with Crippen LogP contribution in [0.4, 0.5) is 0 Å². The maximum atomic E-state index is 5.38. The van der Waals surface area contributed by atoms with Gasteiger partial charge in [0.15, 0.2) is 0 Å². The predicted molar refractivity (Wildman–Crippen MR) is 52.9 cm³/mol. The zero-order valence-electron chi connectivity index (χ0n) is 7.85. The summed E-state index contributed by atoms with van der Waals surface area (Å²) in [5.74, 6) is 0. The van der Waals surface area contributed by atoms with E-state index in [1.807, 2.05) is 6.92 Å². The van der Waals surface area contributed by atoms with E-state index in [1.54, 1.807) is 0 Å². The Kier molecular flexibility index (Phi) is 3.50. The molecule has 0 aliphatic heterocycles. The Balaban J connectivity index is 2.78. The van der Waals surface area contributed by atoms with Crippen LogP contribution in [0.2, 0.25) is 0 Å². The maximum Gasteiger partial charge on any atom is 0.268 e. The quantitative estimate of drug-likeness (QED) is 0.639.